The normalized spacial score (nSPS) is 16.8. The molecule has 4 rings (SSSR count). The lowest BCUT2D eigenvalue weighted by Crippen LogP contribution is -2.45. The summed E-state index contributed by atoms with van der Waals surface area (Å²) < 4.78 is 0. The zero-order valence-corrected chi connectivity index (χ0v) is 14.1. The maximum atomic E-state index is 11.7. The molecule has 3 heterocycles. The number of rotatable bonds is 4. The molecule has 3 aromatic rings. The standard InChI is InChI=1S/C20H18N4O2/c25-20(26)18-9-15-5-1-2-6-16(15)13-24(18)12-14-10-22-19(23-11-14)17-7-3-4-8-21-17/h1-8,10-11,18H,9,12-13H2,(H,25,26)/t18-/m0/s1. The van der Waals surface area contributed by atoms with Crippen LogP contribution in [0.4, 0.5) is 0 Å². The summed E-state index contributed by atoms with van der Waals surface area (Å²) in [4.78, 5) is 26.7. The van der Waals surface area contributed by atoms with E-state index >= 15 is 0 Å². The predicted molar refractivity (Wildman–Crippen MR) is 96.1 cm³/mol. The van der Waals surface area contributed by atoms with Crippen LogP contribution in [0.3, 0.4) is 0 Å². The highest BCUT2D eigenvalue weighted by molar-refractivity contribution is 5.74. The topological polar surface area (TPSA) is 79.2 Å². The Morgan fingerprint density at radius 3 is 2.46 bits per heavy atom. The fraction of sp³-hybridized carbons (Fsp3) is 0.200. The Labute approximate surface area is 151 Å². The SMILES string of the molecule is O=C(O)[C@@H]1Cc2ccccc2CN1Cc1cnc(-c2ccccn2)nc1. The molecule has 0 spiro atoms. The smallest absolute Gasteiger partial charge is 0.321 e. The number of carboxylic acid groups (broad SMARTS) is 1. The molecule has 6 heteroatoms. The lowest BCUT2D eigenvalue weighted by molar-refractivity contribution is -0.144. The highest BCUT2D eigenvalue weighted by Crippen LogP contribution is 2.25. The van der Waals surface area contributed by atoms with Crippen molar-refractivity contribution in [3.8, 4) is 11.5 Å². The van der Waals surface area contributed by atoms with E-state index < -0.39 is 12.0 Å². The fourth-order valence-electron chi connectivity index (χ4n) is 3.29. The fourth-order valence-corrected chi connectivity index (χ4v) is 3.29. The van der Waals surface area contributed by atoms with E-state index in [1.54, 1.807) is 18.6 Å². The van der Waals surface area contributed by atoms with Crippen molar-refractivity contribution >= 4 is 5.97 Å². The van der Waals surface area contributed by atoms with Gasteiger partial charge in [-0.1, -0.05) is 30.3 Å². The molecule has 1 aromatic carbocycles. The van der Waals surface area contributed by atoms with Gasteiger partial charge < -0.3 is 5.11 Å². The number of benzene rings is 1. The Morgan fingerprint density at radius 1 is 1.04 bits per heavy atom. The second kappa shape index (κ2) is 7.01. The monoisotopic (exact) mass is 346 g/mol. The van der Waals surface area contributed by atoms with Crippen LogP contribution in [0, 0.1) is 0 Å². The molecule has 0 amide bonds. The van der Waals surface area contributed by atoms with E-state index in [2.05, 4.69) is 21.0 Å². The quantitative estimate of drug-likeness (QED) is 0.782. The first-order chi connectivity index (χ1) is 12.7. The molecular formula is C20H18N4O2. The zero-order chi connectivity index (χ0) is 17.9. The second-order valence-corrected chi connectivity index (χ2v) is 6.36. The largest absolute Gasteiger partial charge is 0.480 e. The van der Waals surface area contributed by atoms with Crippen molar-refractivity contribution in [2.45, 2.75) is 25.6 Å². The van der Waals surface area contributed by atoms with E-state index in [0.29, 0.717) is 25.3 Å². The molecule has 0 saturated carbocycles. The van der Waals surface area contributed by atoms with E-state index in [4.69, 9.17) is 0 Å². The highest BCUT2D eigenvalue weighted by Gasteiger charge is 2.31. The average molecular weight is 346 g/mol. The van der Waals surface area contributed by atoms with Crippen molar-refractivity contribution in [3.63, 3.8) is 0 Å². The Morgan fingerprint density at radius 2 is 1.77 bits per heavy atom. The molecule has 0 bridgehead atoms. The molecule has 1 aliphatic heterocycles. The molecule has 6 nitrogen and oxygen atoms in total. The van der Waals surface area contributed by atoms with Gasteiger partial charge in [-0.15, -0.1) is 0 Å². The highest BCUT2D eigenvalue weighted by atomic mass is 16.4. The number of hydrogen-bond donors (Lipinski definition) is 1. The Balaban J connectivity index is 1.55. The summed E-state index contributed by atoms with van der Waals surface area (Å²) in [5.41, 5.74) is 3.89. The summed E-state index contributed by atoms with van der Waals surface area (Å²) in [6.45, 7) is 1.10. The van der Waals surface area contributed by atoms with Crippen molar-refractivity contribution in [1.82, 2.24) is 19.9 Å². The lowest BCUT2D eigenvalue weighted by atomic mass is 9.93. The van der Waals surface area contributed by atoms with Crippen LogP contribution >= 0.6 is 0 Å². The van der Waals surface area contributed by atoms with Gasteiger partial charge in [0.15, 0.2) is 5.82 Å². The number of carbonyl (C=O) groups is 1. The number of carboxylic acids is 1. The molecule has 130 valence electrons. The van der Waals surface area contributed by atoms with Gasteiger partial charge in [0, 0.05) is 37.2 Å². The van der Waals surface area contributed by atoms with Gasteiger partial charge in [0.1, 0.15) is 11.7 Å². The molecule has 1 atom stereocenters. The molecule has 0 saturated heterocycles. The van der Waals surface area contributed by atoms with Crippen molar-refractivity contribution in [1.29, 1.82) is 0 Å². The molecule has 0 aliphatic carbocycles. The Hall–Kier alpha value is -3.12. The Kier molecular flexibility index (Phi) is 4.41. The number of aliphatic carboxylic acids is 1. The van der Waals surface area contributed by atoms with Gasteiger partial charge in [-0.2, -0.15) is 0 Å². The van der Waals surface area contributed by atoms with Crippen LogP contribution in [0.25, 0.3) is 11.5 Å². The molecule has 0 unspecified atom stereocenters. The minimum absolute atomic E-state index is 0.494. The predicted octanol–water partition coefficient (Wildman–Crippen LogP) is 2.55. The van der Waals surface area contributed by atoms with Gasteiger partial charge in [-0.3, -0.25) is 14.7 Å². The lowest BCUT2D eigenvalue weighted by Gasteiger charge is -2.34. The molecule has 1 N–H and O–H groups in total. The molecular weight excluding hydrogens is 328 g/mol. The van der Waals surface area contributed by atoms with Crippen molar-refractivity contribution in [2.24, 2.45) is 0 Å². The number of fused-ring (bicyclic) bond motifs is 1. The first-order valence-electron chi connectivity index (χ1n) is 8.46. The first kappa shape index (κ1) is 16.4. The number of nitrogens with zero attached hydrogens (tertiary/aromatic N) is 4. The minimum atomic E-state index is -0.800. The van der Waals surface area contributed by atoms with Gasteiger partial charge in [-0.25, -0.2) is 9.97 Å². The van der Waals surface area contributed by atoms with Crippen LogP contribution in [-0.2, 0) is 24.3 Å². The number of hydrogen-bond acceptors (Lipinski definition) is 5. The van der Waals surface area contributed by atoms with E-state index in [-0.39, 0.29) is 0 Å². The summed E-state index contributed by atoms with van der Waals surface area (Å²) in [5, 5.41) is 9.62. The van der Waals surface area contributed by atoms with Gasteiger partial charge in [0.25, 0.3) is 0 Å². The van der Waals surface area contributed by atoms with Crippen LogP contribution in [0.5, 0.6) is 0 Å². The zero-order valence-electron chi connectivity index (χ0n) is 14.1. The molecule has 26 heavy (non-hydrogen) atoms. The molecule has 0 fully saturated rings. The van der Waals surface area contributed by atoms with Crippen molar-refractivity contribution in [3.05, 3.63) is 77.7 Å². The van der Waals surface area contributed by atoms with Gasteiger partial charge in [0.05, 0.1) is 0 Å². The van der Waals surface area contributed by atoms with Crippen LogP contribution in [0.2, 0.25) is 0 Å². The van der Waals surface area contributed by atoms with Gasteiger partial charge in [0.2, 0.25) is 0 Å². The van der Waals surface area contributed by atoms with Gasteiger partial charge in [-0.05, 0) is 29.7 Å². The summed E-state index contributed by atoms with van der Waals surface area (Å²) in [6, 6.07) is 13.1. The van der Waals surface area contributed by atoms with E-state index in [9.17, 15) is 9.90 Å². The number of aromatic nitrogens is 3. The van der Waals surface area contributed by atoms with E-state index in [0.717, 1.165) is 16.8 Å². The molecule has 1 aliphatic rings. The maximum Gasteiger partial charge on any atom is 0.321 e. The van der Waals surface area contributed by atoms with Gasteiger partial charge >= 0.3 is 5.97 Å². The third-order valence-electron chi connectivity index (χ3n) is 4.62. The van der Waals surface area contributed by atoms with Crippen LogP contribution in [0.15, 0.2) is 61.1 Å². The van der Waals surface area contributed by atoms with Crippen LogP contribution in [-0.4, -0.2) is 37.0 Å². The number of pyridine rings is 1. The van der Waals surface area contributed by atoms with Crippen LogP contribution in [0.1, 0.15) is 16.7 Å². The maximum absolute atomic E-state index is 11.7. The third kappa shape index (κ3) is 3.32. The first-order valence-corrected chi connectivity index (χ1v) is 8.46. The third-order valence-corrected chi connectivity index (χ3v) is 4.62. The summed E-state index contributed by atoms with van der Waals surface area (Å²) in [6.07, 6.45) is 5.71. The second-order valence-electron chi connectivity index (χ2n) is 6.36. The molecule has 0 radical (unpaired) electrons. The van der Waals surface area contributed by atoms with Crippen molar-refractivity contribution in [2.75, 3.05) is 0 Å². The summed E-state index contributed by atoms with van der Waals surface area (Å²) >= 11 is 0. The van der Waals surface area contributed by atoms with E-state index in [1.165, 1.54) is 5.56 Å². The summed E-state index contributed by atoms with van der Waals surface area (Å²) in [7, 11) is 0. The Bertz CT molecular complexity index is 913. The average Bonchev–Trinajstić information content (AvgIpc) is 2.68. The minimum Gasteiger partial charge on any atom is -0.480 e. The summed E-state index contributed by atoms with van der Waals surface area (Å²) in [5.74, 6) is -0.237. The molecule has 2 aromatic heterocycles. The van der Waals surface area contributed by atoms with E-state index in [1.807, 2.05) is 41.3 Å². The van der Waals surface area contributed by atoms with Crippen LogP contribution < -0.4 is 0 Å². The van der Waals surface area contributed by atoms with Crippen molar-refractivity contribution < 1.29 is 9.90 Å².